The van der Waals surface area contributed by atoms with Gasteiger partial charge in [-0.15, -0.1) is 5.10 Å². The molecular formula is C17H19N5O7. The van der Waals surface area contributed by atoms with Gasteiger partial charge in [-0.3, -0.25) is 14.4 Å². The van der Waals surface area contributed by atoms with E-state index in [0.717, 1.165) is 11.0 Å². The number of benzene rings is 1. The smallest absolute Gasteiger partial charge is 0.325 e. The molecule has 29 heavy (non-hydrogen) atoms. The Hall–Kier alpha value is -3.35. The molecule has 3 rings (SSSR count). The van der Waals surface area contributed by atoms with Gasteiger partial charge in [0, 0.05) is 5.56 Å². The topological polar surface area (TPSA) is 179 Å². The van der Waals surface area contributed by atoms with Crippen LogP contribution in [-0.4, -0.2) is 74.2 Å². The predicted octanol–water partition coefficient (Wildman–Crippen LogP) is -2.03. The Morgan fingerprint density at radius 1 is 1.21 bits per heavy atom. The largest absolute Gasteiger partial charge is 0.461 e. The normalized spacial score (nSPS) is 23.5. The fraction of sp³-hybridized carbons (Fsp3) is 0.353. The number of carbonyl (C=O) groups is 3. The van der Waals surface area contributed by atoms with E-state index in [1.807, 2.05) is 0 Å². The van der Waals surface area contributed by atoms with Gasteiger partial charge in [-0.2, -0.15) is 0 Å². The second-order valence-electron chi connectivity index (χ2n) is 6.19. The Kier molecular flexibility index (Phi) is 6.16. The third-order valence-electron chi connectivity index (χ3n) is 4.16. The number of carbonyl (C=O) groups excluding carboxylic acids is 3. The van der Waals surface area contributed by atoms with Crippen molar-refractivity contribution in [2.45, 2.75) is 24.5 Å². The fourth-order valence-corrected chi connectivity index (χ4v) is 2.67. The molecule has 1 aromatic carbocycles. The molecule has 0 saturated carbocycles. The lowest BCUT2D eigenvalue weighted by molar-refractivity contribution is -0.149. The average Bonchev–Trinajstić information content (AvgIpc) is 3.31. The van der Waals surface area contributed by atoms with Crippen molar-refractivity contribution in [3.05, 3.63) is 48.0 Å². The van der Waals surface area contributed by atoms with Gasteiger partial charge in [-0.1, -0.05) is 18.2 Å². The van der Waals surface area contributed by atoms with Crippen LogP contribution in [0.2, 0.25) is 0 Å². The molecule has 154 valence electrons. The standard InChI is InChI=1S/C17H19N5O7/c18-14(26)15-20-8-22(21-15)17-13(25)12(24)10(29-17)7-28-11(23)6-19-16(27)9-4-2-1-3-5-9/h1-5,8,10,12-13,17,24-25H,6-7H2,(H2,18,26)(H,19,27). The first kappa shape index (κ1) is 20.4. The molecule has 1 aliphatic heterocycles. The maximum Gasteiger partial charge on any atom is 0.325 e. The predicted molar refractivity (Wildman–Crippen MR) is 94.2 cm³/mol. The van der Waals surface area contributed by atoms with Crippen LogP contribution in [0, 0.1) is 0 Å². The second-order valence-corrected chi connectivity index (χ2v) is 6.19. The van der Waals surface area contributed by atoms with Crippen molar-refractivity contribution in [3.8, 4) is 0 Å². The minimum Gasteiger partial charge on any atom is -0.461 e. The summed E-state index contributed by atoms with van der Waals surface area (Å²) in [6.07, 6.45) is -3.86. The van der Waals surface area contributed by atoms with E-state index in [1.54, 1.807) is 30.3 Å². The Balaban J connectivity index is 1.49. The highest BCUT2D eigenvalue weighted by molar-refractivity contribution is 5.95. The summed E-state index contributed by atoms with van der Waals surface area (Å²) in [4.78, 5) is 38.5. The highest BCUT2D eigenvalue weighted by Gasteiger charge is 2.45. The lowest BCUT2D eigenvalue weighted by atomic mass is 10.1. The zero-order chi connectivity index (χ0) is 21.0. The van der Waals surface area contributed by atoms with Crippen molar-refractivity contribution >= 4 is 17.8 Å². The number of nitrogens with zero attached hydrogens (tertiary/aromatic N) is 3. The van der Waals surface area contributed by atoms with Gasteiger partial charge in [-0.05, 0) is 12.1 Å². The first-order valence-corrected chi connectivity index (χ1v) is 8.58. The molecule has 1 aliphatic rings. The van der Waals surface area contributed by atoms with Gasteiger partial charge in [-0.25, -0.2) is 9.67 Å². The molecular weight excluding hydrogens is 386 g/mol. The Morgan fingerprint density at radius 3 is 2.59 bits per heavy atom. The minimum atomic E-state index is -1.40. The van der Waals surface area contributed by atoms with Gasteiger partial charge in [0.2, 0.25) is 5.82 Å². The molecule has 4 unspecified atom stereocenters. The lowest BCUT2D eigenvalue weighted by Gasteiger charge is -2.14. The first-order valence-electron chi connectivity index (χ1n) is 8.58. The van der Waals surface area contributed by atoms with Crippen LogP contribution in [-0.2, 0) is 14.3 Å². The van der Waals surface area contributed by atoms with Gasteiger partial charge in [0.25, 0.3) is 11.8 Å². The molecule has 12 nitrogen and oxygen atoms in total. The lowest BCUT2D eigenvalue weighted by Crippen LogP contribution is -2.36. The third-order valence-corrected chi connectivity index (χ3v) is 4.16. The number of hydrogen-bond acceptors (Lipinski definition) is 9. The summed E-state index contributed by atoms with van der Waals surface area (Å²) in [5.74, 6) is -2.33. The molecule has 4 atom stereocenters. The van der Waals surface area contributed by atoms with Crippen LogP contribution in [0.5, 0.6) is 0 Å². The number of aromatic nitrogens is 3. The molecule has 12 heteroatoms. The number of rotatable bonds is 7. The van der Waals surface area contributed by atoms with Crippen LogP contribution >= 0.6 is 0 Å². The zero-order valence-corrected chi connectivity index (χ0v) is 15.0. The van der Waals surface area contributed by atoms with E-state index in [2.05, 4.69) is 15.4 Å². The number of ether oxygens (including phenoxy) is 2. The summed E-state index contributed by atoms with van der Waals surface area (Å²) in [5, 5.41) is 26.4. The van der Waals surface area contributed by atoms with Crippen molar-refractivity contribution in [1.82, 2.24) is 20.1 Å². The summed E-state index contributed by atoms with van der Waals surface area (Å²) in [5.41, 5.74) is 5.46. The van der Waals surface area contributed by atoms with Gasteiger partial charge in [0.1, 0.15) is 37.8 Å². The van der Waals surface area contributed by atoms with Gasteiger partial charge in [0.15, 0.2) is 6.23 Å². The number of esters is 1. The molecule has 0 aliphatic carbocycles. The second kappa shape index (κ2) is 8.77. The third kappa shape index (κ3) is 4.74. The van der Waals surface area contributed by atoms with Crippen molar-refractivity contribution in [3.63, 3.8) is 0 Å². The first-order chi connectivity index (χ1) is 13.9. The number of aliphatic hydroxyl groups is 2. The zero-order valence-electron chi connectivity index (χ0n) is 15.0. The van der Waals surface area contributed by atoms with Crippen molar-refractivity contribution in [2.75, 3.05) is 13.2 Å². The molecule has 0 radical (unpaired) electrons. The maximum atomic E-state index is 11.9. The number of amides is 2. The van der Waals surface area contributed by atoms with Gasteiger partial charge >= 0.3 is 5.97 Å². The van der Waals surface area contributed by atoms with Crippen LogP contribution in [0.15, 0.2) is 36.7 Å². The van der Waals surface area contributed by atoms with Gasteiger partial charge in [0.05, 0.1) is 0 Å². The molecule has 2 aromatic rings. The molecule has 1 aromatic heterocycles. The Morgan fingerprint density at radius 2 is 1.93 bits per heavy atom. The summed E-state index contributed by atoms with van der Waals surface area (Å²) < 4.78 is 11.5. The fourth-order valence-electron chi connectivity index (χ4n) is 2.67. The number of aliphatic hydroxyl groups excluding tert-OH is 2. The summed E-state index contributed by atoms with van der Waals surface area (Å²) in [7, 11) is 0. The van der Waals surface area contributed by atoms with Crippen LogP contribution in [0.3, 0.4) is 0 Å². The number of nitrogens with one attached hydrogen (secondary N) is 1. The molecule has 1 fully saturated rings. The molecule has 1 saturated heterocycles. The summed E-state index contributed by atoms with van der Waals surface area (Å²) in [6.45, 7) is -0.750. The van der Waals surface area contributed by atoms with Crippen LogP contribution in [0.1, 0.15) is 27.2 Å². The molecule has 0 bridgehead atoms. The SMILES string of the molecule is NC(=O)c1ncn(C2OC(COC(=O)CNC(=O)c3ccccc3)C(O)C2O)n1. The van der Waals surface area contributed by atoms with E-state index in [-0.39, 0.29) is 19.0 Å². The van der Waals surface area contributed by atoms with E-state index in [4.69, 9.17) is 15.2 Å². The van der Waals surface area contributed by atoms with E-state index in [1.165, 1.54) is 0 Å². The number of primary amides is 1. The van der Waals surface area contributed by atoms with Crippen LogP contribution in [0.4, 0.5) is 0 Å². The van der Waals surface area contributed by atoms with Gasteiger partial charge < -0.3 is 30.7 Å². The monoisotopic (exact) mass is 405 g/mol. The van der Waals surface area contributed by atoms with E-state index >= 15 is 0 Å². The number of nitrogens with two attached hydrogens (primary N) is 1. The Bertz CT molecular complexity index is 887. The summed E-state index contributed by atoms with van der Waals surface area (Å²) in [6, 6.07) is 8.33. The van der Waals surface area contributed by atoms with E-state index in [0.29, 0.717) is 5.56 Å². The van der Waals surface area contributed by atoms with E-state index < -0.39 is 42.3 Å². The molecule has 2 heterocycles. The maximum absolute atomic E-state index is 11.9. The summed E-state index contributed by atoms with van der Waals surface area (Å²) >= 11 is 0. The average molecular weight is 405 g/mol. The van der Waals surface area contributed by atoms with Crippen molar-refractivity contribution in [2.24, 2.45) is 5.73 Å². The number of hydrogen-bond donors (Lipinski definition) is 4. The molecule has 2 amide bonds. The minimum absolute atomic E-state index is 0.278. The quantitative estimate of drug-likeness (QED) is 0.378. The van der Waals surface area contributed by atoms with Crippen LogP contribution < -0.4 is 11.1 Å². The molecule has 5 N–H and O–H groups in total. The van der Waals surface area contributed by atoms with E-state index in [9.17, 15) is 24.6 Å². The Labute approximate surface area is 164 Å². The highest BCUT2D eigenvalue weighted by Crippen LogP contribution is 2.28. The van der Waals surface area contributed by atoms with Crippen LogP contribution in [0.25, 0.3) is 0 Å². The van der Waals surface area contributed by atoms with Crippen molar-refractivity contribution in [1.29, 1.82) is 0 Å². The highest BCUT2D eigenvalue weighted by atomic mass is 16.6. The van der Waals surface area contributed by atoms with Crippen molar-refractivity contribution < 1.29 is 34.1 Å². The molecule has 0 spiro atoms.